The van der Waals surface area contributed by atoms with Crippen molar-refractivity contribution in [2.24, 2.45) is 28.4 Å². The molecule has 0 radical (unpaired) electrons. The number of Topliss-reactive ketones (excluding diaryl/α,β-unsaturated/α-hetero) is 1. The van der Waals surface area contributed by atoms with Crippen molar-refractivity contribution in [3.05, 3.63) is 0 Å². The Bertz CT molecular complexity index is 1090. The molecule has 0 aromatic heterocycles. The zero-order valence-electron chi connectivity index (χ0n) is 27.3. The van der Waals surface area contributed by atoms with Crippen LogP contribution in [-0.2, 0) is 35.2 Å². The van der Waals surface area contributed by atoms with Crippen molar-refractivity contribution >= 4 is 46.7 Å². The van der Waals surface area contributed by atoms with Crippen molar-refractivity contribution in [1.82, 2.24) is 30.5 Å². The summed E-state index contributed by atoms with van der Waals surface area (Å²) in [5, 5.41) is 11.2. The van der Waals surface area contributed by atoms with Crippen molar-refractivity contribution in [3.8, 4) is 0 Å². The summed E-state index contributed by atoms with van der Waals surface area (Å²) in [4.78, 5) is 76.4. The molecule has 6 amide bonds. The Labute approximate surface area is 262 Å². The fourth-order valence-corrected chi connectivity index (χ4v) is 5.42. The molecule has 0 aromatic rings. The van der Waals surface area contributed by atoms with Crippen LogP contribution in [0.25, 0.3) is 0 Å². The van der Waals surface area contributed by atoms with Gasteiger partial charge < -0.3 is 31.9 Å². The molecule has 5 atom stereocenters. The van der Waals surface area contributed by atoms with Crippen molar-refractivity contribution in [2.75, 3.05) is 32.7 Å². The molecule has 7 N–H and O–H groups in total. The van der Waals surface area contributed by atoms with E-state index >= 15 is 0 Å². The van der Waals surface area contributed by atoms with Crippen LogP contribution in [0.5, 0.6) is 0 Å². The lowest BCUT2D eigenvalue weighted by Crippen LogP contribution is -2.62. The highest BCUT2D eigenvalue weighted by molar-refractivity contribution is 7.77. The summed E-state index contributed by atoms with van der Waals surface area (Å²) in [7, 11) is 0. The van der Waals surface area contributed by atoms with E-state index in [1.54, 1.807) is 20.8 Å². The molecular weight excluding hydrogens is 594 g/mol. The van der Waals surface area contributed by atoms with Gasteiger partial charge in [-0.1, -0.05) is 55.4 Å². The maximum absolute atomic E-state index is 14.0. The highest BCUT2D eigenvalue weighted by Crippen LogP contribution is 2.33. The quantitative estimate of drug-likeness (QED) is 0.0831. The van der Waals surface area contributed by atoms with E-state index in [9.17, 15) is 37.5 Å². The van der Waals surface area contributed by atoms with E-state index in [4.69, 9.17) is 5.73 Å². The molecule has 44 heavy (non-hydrogen) atoms. The standard InChI is InChI=1S/C28H51N7O8S/c1-16(2)18-10-12-34(21(18)24(39)31-14-19(37)23(29)38)25(40)22(28(7,8)9)33-26(41)32-20(27(4,5)6)15-30-11-13-35(17(3)36)44(42)43/h16,18,20-22,30H,10-15H2,1-9H3,(H2,29,38)(H,31,39)(H,42,43)(H2,32,33,41)/t18?,20-,21+,22-/m1/s1. The van der Waals surface area contributed by atoms with Gasteiger partial charge >= 0.3 is 6.03 Å². The minimum atomic E-state index is -2.44. The van der Waals surface area contributed by atoms with Crippen LogP contribution in [-0.4, -0.2) is 104 Å². The van der Waals surface area contributed by atoms with Crippen LogP contribution in [0.4, 0.5) is 4.79 Å². The van der Waals surface area contributed by atoms with Gasteiger partial charge in [-0.25, -0.2) is 13.3 Å². The Morgan fingerprint density at radius 3 is 2.07 bits per heavy atom. The van der Waals surface area contributed by atoms with Gasteiger partial charge in [0, 0.05) is 39.1 Å². The largest absolute Gasteiger partial charge is 0.363 e. The molecule has 16 heteroatoms. The molecule has 0 spiro atoms. The molecule has 0 bridgehead atoms. The lowest BCUT2D eigenvalue weighted by Gasteiger charge is -2.38. The molecule has 2 unspecified atom stereocenters. The average Bonchev–Trinajstić information content (AvgIpc) is 3.33. The Morgan fingerprint density at radius 1 is 1.02 bits per heavy atom. The number of nitrogens with two attached hydrogens (primary N) is 1. The van der Waals surface area contributed by atoms with E-state index in [2.05, 4.69) is 21.3 Å². The zero-order valence-corrected chi connectivity index (χ0v) is 28.1. The van der Waals surface area contributed by atoms with E-state index < -0.39 is 82.2 Å². The van der Waals surface area contributed by atoms with Gasteiger partial charge in [-0.3, -0.25) is 28.5 Å². The molecule has 1 rings (SSSR count). The van der Waals surface area contributed by atoms with Crippen LogP contribution in [0.15, 0.2) is 0 Å². The number of carbonyl (C=O) groups is 6. The molecule has 1 heterocycles. The third-order valence-corrected chi connectivity index (χ3v) is 8.49. The lowest BCUT2D eigenvalue weighted by molar-refractivity contribution is -0.143. The number of nitrogens with one attached hydrogen (secondary N) is 4. The van der Waals surface area contributed by atoms with Crippen LogP contribution in [0.2, 0.25) is 0 Å². The summed E-state index contributed by atoms with van der Waals surface area (Å²) in [6.07, 6.45) is 0.539. The third-order valence-electron chi connectivity index (χ3n) is 7.67. The Morgan fingerprint density at radius 2 is 1.61 bits per heavy atom. The Balaban J connectivity index is 3.08. The van der Waals surface area contributed by atoms with Gasteiger partial charge in [-0.15, -0.1) is 0 Å². The minimum Gasteiger partial charge on any atom is -0.363 e. The number of nitrogens with zero attached hydrogens (tertiary/aromatic N) is 2. The predicted molar refractivity (Wildman–Crippen MR) is 165 cm³/mol. The SMILES string of the molecule is CC(=O)N(CCNC[C@@H](NC(=O)N[C@H](C(=O)N1CCC(C(C)C)[C@H]1C(=O)NCC(=O)C(N)=O)C(C)(C)C)C(C)(C)C)S(=O)O. The van der Waals surface area contributed by atoms with Crippen LogP contribution in [0, 0.1) is 22.7 Å². The molecule has 15 nitrogen and oxygen atoms in total. The topological polar surface area (TPSA) is 220 Å². The second kappa shape index (κ2) is 16.3. The summed E-state index contributed by atoms with van der Waals surface area (Å²) in [6.45, 7) is 16.3. The Kier molecular flexibility index (Phi) is 14.4. The minimum absolute atomic E-state index is 0.0132. The zero-order chi connectivity index (χ0) is 34.2. The van der Waals surface area contributed by atoms with Crippen LogP contribution >= 0.6 is 0 Å². The second-order valence-corrected chi connectivity index (χ2v) is 14.5. The molecule has 252 valence electrons. The molecule has 0 saturated carbocycles. The maximum atomic E-state index is 14.0. The van der Waals surface area contributed by atoms with E-state index in [1.807, 2.05) is 34.6 Å². The molecular formula is C28H51N7O8S. The molecule has 1 saturated heterocycles. The number of likely N-dealkylation sites (tertiary alicyclic amines) is 1. The monoisotopic (exact) mass is 645 g/mol. The first kappa shape index (κ1) is 38.9. The predicted octanol–water partition coefficient (Wildman–Crippen LogP) is -0.266. The van der Waals surface area contributed by atoms with Crippen LogP contribution in [0.1, 0.15) is 68.7 Å². The van der Waals surface area contributed by atoms with E-state index in [1.165, 1.54) is 11.8 Å². The van der Waals surface area contributed by atoms with Crippen molar-refractivity contribution in [2.45, 2.75) is 86.9 Å². The lowest BCUT2D eigenvalue weighted by atomic mass is 9.84. The highest BCUT2D eigenvalue weighted by Gasteiger charge is 2.47. The number of rotatable bonds is 14. The van der Waals surface area contributed by atoms with Crippen LogP contribution < -0.4 is 27.0 Å². The van der Waals surface area contributed by atoms with Crippen molar-refractivity contribution in [1.29, 1.82) is 0 Å². The first-order chi connectivity index (χ1) is 20.1. The van der Waals surface area contributed by atoms with Gasteiger partial charge in [0.25, 0.3) is 17.2 Å². The van der Waals surface area contributed by atoms with Gasteiger partial charge in [-0.05, 0) is 29.1 Å². The van der Waals surface area contributed by atoms with Gasteiger partial charge in [0.2, 0.25) is 23.5 Å². The summed E-state index contributed by atoms with van der Waals surface area (Å²) in [5.74, 6) is -3.89. The maximum Gasteiger partial charge on any atom is 0.315 e. The summed E-state index contributed by atoms with van der Waals surface area (Å²) >= 11 is -2.44. The van der Waals surface area contributed by atoms with Crippen LogP contribution in [0.3, 0.4) is 0 Å². The fourth-order valence-electron chi connectivity index (χ4n) is 4.95. The number of hydrogen-bond acceptors (Lipinski definition) is 8. The number of carbonyl (C=O) groups excluding carboxylic acids is 6. The van der Waals surface area contributed by atoms with Gasteiger partial charge in [0.1, 0.15) is 12.1 Å². The van der Waals surface area contributed by atoms with Gasteiger partial charge in [0.05, 0.1) is 6.54 Å². The number of amides is 6. The van der Waals surface area contributed by atoms with E-state index in [0.717, 1.165) is 4.31 Å². The Hall–Kier alpha value is -3.11. The molecule has 0 aliphatic carbocycles. The van der Waals surface area contributed by atoms with Gasteiger partial charge in [0.15, 0.2) is 0 Å². The highest BCUT2D eigenvalue weighted by atomic mass is 32.2. The fraction of sp³-hybridized carbons (Fsp3) is 0.786. The molecule has 0 aromatic carbocycles. The molecule has 1 aliphatic heterocycles. The van der Waals surface area contributed by atoms with E-state index in [-0.39, 0.29) is 38.0 Å². The number of primary amides is 1. The van der Waals surface area contributed by atoms with E-state index in [0.29, 0.717) is 6.42 Å². The first-order valence-electron chi connectivity index (χ1n) is 14.7. The smallest absolute Gasteiger partial charge is 0.315 e. The van der Waals surface area contributed by atoms with Gasteiger partial charge in [-0.2, -0.15) is 0 Å². The van der Waals surface area contributed by atoms with Crippen molar-refractivity contribution < 1.29 is 37.5 Å². The number of urea groups is 1. The first-order valence-corrected chi connectivity index (χ1v) is 15.7. The summed E-state index contributed by atoms with van der Waals surface area (Å²) in [6, 6.07) is -2.98. The molecule has 1 aliphatic rings. The van der Waals surface area contributed by atoms with Crippen molar-refractivity contribution in [3.63, 3.8) is 0 Å². The normalized spacial score (nSPS) is 19.1. The number of ketones is 1. The number of hydrogen-bond donors (Lipinski definition) is 6. The second-order valence-electron chi connectivity index (χ2n) is 13.6. The average molecular weight is 646 g/mol. The molecule has 1 fully saturated rings. The third kappa shape index (κ3) is 11.4. The summed E-state index contributed by atoms with van der Waals surface area (Å²) < 4.78 is 21.4. The summed E-state index contributed by atoms with van der Waals surface area (Å²) in [5.41, 5.74) is 3.82.